The van der Waals surface area contributed by atoms with E-state index in [1.807, 2.05) is 30.3 Å². The summed E-state index contributed by atoms with van der Waals surface area (Å²) in [7, 11) is 0. The van der Waals surface area contributed by atoms with Crippen molar-refractivity contribution in [3.05, 3.63) is 65.7 Å². The van der Waals surface area contributed by atoms with Crippen molar-refractivity contribution in [2.24, 2.45) is 5.10 Å². The summed E-state index contributed by atoms with van der Waals surface area (Å²) in [5, 5.41) is 17.7. The molecule has 2 aromatic rings. The molecule has 1 amide bonds. The van der Waals surface area contributed by atoms with E-state index < -0.39 is 12.0 Å². The van der Waals surface area contributed by atoms with Crippen LogP contribution in [0, 0.1) is 0 Å². The molecule has 28 heavy (non-hydrogen) atoms. The summed E-state index contributed by atoms with van der Waals surface area (Å²) in [4.78, 5) is 35.6. The van der Waals surface area contributed by atoms with Gasteiger partial charge in [-0.15, -0.1) is 0 Å². The number of benzene rings is 2. The van der Waals surface area contributed by atoms with Crippen LogP contribution >= 0.6 is 0 Å². The number of amides is 1. The molecule has 7 nitrogen and oxygen atoms in total. The average molecular weight is 379 g/mol. The van der Waals surface area contributed by atoms with Crippen molar-refractivity contribution in [3.8, 4) is 0 Å². The maximum absolute atomic E-state index is 12.6. The van der Waals surface area contributed by atoms with Crippen LogP contribution in [0.3, 0.4) is 0 Å². The molecule has 0 saturated heterocycles. The third-order valence-electron chi connectivity index (χ3n) is 4.56. The molecule has 0 radical (unpaired) electrons. The van der Waals surface area contributed by atoms with Gasteiger partial charge in [-0.2, -0.15) is 5.10 Å². The van der Waals surface area contributed by atoms with Gasteiger partial charge in [0.2, 0.25) is 0 Å². The first-order valence-electron chi connectivity index (χ1n) is 8.94. The number of anilines is 1. The normalized spacial score (nSPS) is 15.8. The van der Waals surface area contributed by atoms with Crippen LogP contribution in [-0.4, -0.2) is 34.5 Å². The minimum absolute atomic E-state index is 0.0674. The van der Waals surface area contributed by atoms with Crippen LogP contribution in [-0.2, 0) is 27.3 Å². The summed E-state index contributed by atoms with van der Waals surface area (Å²) >= 11 is 0. The second kappa shape index (κ2) is 8.47. The molecule has 144 valence electrons. The Morgan fingerprint density at radius 1 is 1.07 bits per heavy atom. The molecule has 2 aromatic carbocycles. The smallest absolute Gasteiger partial charge is 0.307 e. The molecule has 1 atom stereocenters. The molecule has 0 bridgehead atoms. The number of ketones is 1. The van der Waals surface area contributed by atoms with Crippen LogP contribution in [0.15, 0.2) is 59.7 Å². The van der Waals surface area contributed by atoms with E-state index >= 15 is 0 Å². The number of aliphatic carboxylic acids is 1. The summed E-state index contributed by atoms with van der Waals surface area (Å²) in [6, 6.07) is 15.8. The number of rotatable bonds is 7. The Morgan fingerprint density at radius 2 is 1.71 bits per heavy atom. The lowest BCUT2D eigenvalue weighted by atomic mass is 10.0. The molecule has 0 saturated carbocycles. The van der Waals surface area contributed by atoms with Crippen LogP contribution < -0.4 is 10.3 Å². The quantitative estimate of drug-likeness (QED) is 0.768. The lowest BCUT2D eigenvalue weighted by molar-refractivity contribution is -0.136. The van der Waals surface area contributed by atoms with Crippen LogP contribution in [0.4, 0.5) is 5.69 Å². The Bertz CT molecular complexity index is 924. The van der Waals surface area contributed by atoms with Crippen molar-refractivity contribution in [2.45, 2.75) is 32.4 Å². The number of Topliss-reactive ketones (excluding diaryl/α,β-unsaturated/α-hetero) is 1. The zero-order chi connectivity index (χ0) is 20.1. The van der Waals surface area contributed by atoms with Gasteiger partial charge in [0.1, 0.15) is 11.8 Å². The average Bonchev–Trinajstić information content (AvgIpc) is 3.13. The predicted molar refractivity (Wildman–Crippen MR) is 105 cm³/mol. The first-order valence-corrected chi connectivity index (χ1v) is 8.94. The molecule has 1 heterocycles. The highest BCUT2D eigenvalue weighted by Crippen LogP contribution is 2.25. The SMILES string of the molecule is CC(=O)C1CC(C(=O)NCc2ccccc2CC(=O)O)=NN1c1ccccc1. The topological polar surface area (TPSA) is 99.1 Å². The molecule has 1 aliphatic heterocycles. The first-order chi connectivity index (χ1) is 13.5. The Hall–Kier alpha value is -3.48. The Morgan fingerprint density at radius 3 is 2.36 bits per heavy atom. The first kappa shape index (κ1) is 19.3. The number of hydrazone groups is 1. The zero-order valence-electron chi connectivity index (χ0n) is 15.5. The highest BCUT2D eigenvalue weighted by Gasteiger charge is 2.34. The zero-order valence-corrected chi connectivity index (χ0v) is 15.5. The third-order valence-corrected chi connectivity index (χ3v) is 4.56. The van der Waals surface area contributed by atoms with Gasteiger partial charge in [0.05, 0.1) is 12.1 Å². The molecular weight excluding hydrogens is 358 g/mol. The highest BCUT2D eigenvalue weighted by molar-refractivity contribution is 6.40. The Balaban J connectivity index is 1.73. The maximum Gasteiger partial charge on any atom is 0.307 e. The minimum atomic E-state index is -0.929. The van der Waals surface area contributed by atoms with Gasteiger partial charge >= 0.3 is 5.97 Å². The van der Waals surface area contributed by atoms with Crippen molar-refractivity contribution >= 4 is 29.1 Å². The van der Waals surface area contributed by atoms with Gasteiger partial charge in [-0.05, 0) is 30.2 Å². The van der Waals surface area contributed by atoms with Gasteiger partial charge in [0.25, 0.3) is 5.91 Å². The lowest BCUT2D eigenvalue weighted by Gasteiger charge is -2.20. The second-order valence-corrected chi connectivity index (χ2v) is 6.58. The largest absolute Gasteiger partial charge is 0.481 e. The fourth-order valence-electron chi connectivity index (χ4n) is 3.13. The molecule has 1 aliphatic rings. The number of hydrogen-bond donors (Lipinski definition) is 2. The molecule has 3 rings (SSSR count). The van der Waals surface area contributed by atoms with Crippen LogP contribution in [0.5, 0.6) is 0 Å². The fourth-order valence-corrected chi connectivity index (χ4v) is 3.13. The van der Waals surface area contributed by atoms with E-state index in [0.29, 0.717) is 5.56 Å². The lowest BCUT2D eigenvalue weighted by Crippen LogP contribution is -2.34. The van der Waals surface area contributed by atoms with E-state index in [9.17, 15) is 14.4 Å². The van der Waals surface area contributed by atoms with E-state index in [1.165, 1.54) is 6.92 Å². The molecule has 0 aromatic heterocycles. The Kier molecular flexibility index (Phi) is 5.84. The van der Waals surface area contributed by atoms with Crippen LogP contribution in [0.2, 0.25) is 0 Å². The van der Waals surface area contributed by atoms with Crippen molar-refractivity contribution in [3.63, 3.8) is 0 Å². The summed E-state index contributed by atoms with van der Waals surface area (Å²) in [6.07, 6.45) is 0.119. The van der Waals surface area contributed by atoms with Crippen LogP contribution in [0.25, 0.3) is 0 Å². The summed E-state index contributed by atoms with van der Waals surface area (Å²) < 4.78 is 0. The number of hydrogen-bond acceptors (Lipinski definition) is 5. The molecule has 2 N–H and O–H groups in total. The summed E-state index contributed by atoms with van der Waals surface area (Å²) in [5.74, 6) is -1.36. The summed E-state index contributed by atoms with van der Waals surface area (Å²) in [6.45, 7) is 1.68. The van der Waals surface area contributed by atoms with Gasteiger partial charge < -0.3 is 10.4 Å². The van der Waals surface area contributed by atoms with Gasteiger partial charge in [0.15, 0.2) is 5.78 Å². The van der Waals surface area contributed by atoms with Gasteiger partial charge in [-0.25, -0.2) is 0 Å². The fraction of sp³-hybridized carbons (Fsp3) is 0.238. The maximum atomic E-state index is 12.6. The van der Waals surface area contributed by atoms with E-state index in [1.54, 1.807) is 29.3 Å². The predicted octanol–water partition coefficient (Wildman–Crippen LogP) is 2.15. The molecule has 0 spiro atoms. The van der Waals surface area contributed by atoms with Gasteiger partial charge in [-0.1, -0.05) is 42.5 Å². The number of para-hydroxylation sites is 1. The van der Waals surface area contributed by atoms with Gasteiger partial charge in [-0.3, -0.25) is 19.4 Å². The van der Waals surface area contributed by atoms with Crippen molar-refractivity contribution in [1.29, 1.82) is 0 Å². The third kappa shape index (κ3) is 4.43. The van der Waals surface area contributed by atoms with E-state index in [0.717, 1.165) is 11.3 Å². The Labute approximate surface area is 162 Å². The molecule has 7 heteroatoms. The number of nitrogens with zero attached hydrogens (tertiary/aromatic N) is 2. The monoisotopic (exact) mass is 379 g/mol. The molecular formula is C21H21N3O4. The molecule has 0 aliphatic carbocycles. The van der Waals surface area contributed by atoms with E-state index in [2.05, 4.69) is 10.4 Å². The number of carboxylic acids is 1. The standard InChI is InChI=1S/C21H21N3O4/c1-14(25)19-12-18(23-24(19)17-9-3-2-4-10-17)21(28)22-13-16-8-6-5-7-15(16)11-20(26)27/h2-10,19H,11-13H2,1H3,(H,22,28)(H,26,27). The molecule has 0 fully saturated rings. The summed E-state index contributed by atoms with van der Waals surface area (Å²) in [5.41, 5.74) is 2.41. The van der Waals surface area contributed by atoms with Crippen molar-refractivity contribution in [2.75, 3.05) is 5.01 Å². The number of nitrogens with one attached hydrogen (secondary N) is 1. The van der Waals surface area contributed by atoms with Crippen LogP contribution in [0.1, 0.15) is 24.5 Å². The van der Waals surface area contributed by atoms with Crippen molar-refractivity contribution in [1.82, 2.24) is 5.32 Å². The highest BCUT2D eigenvalue weighted by atomic mass is 16.4. The van der Waals surface area contributed by atoms with E-state index in [4.69, 9.17) is 5.11 Å². The minimum Gasteiger partial charge on any atom is -0.481 e. The van der Waals surface area contributed by atoms with Crippen molar-refractivity contribution < 1.29 is 19.5 Å². The number of carbonyl (C=O) groups is 3. The van der Waals surface area contributed by atoms with Gasteiger partial charge in [0, 0.05) is 13.0 Å². The number of carbonyl (C=O) groups excluding carboxylic acids is 2. The van der Waals surface area contributed by atoms with E-state index in [-0.39, 0.29) is 36.8 Å². The molecule has 1 unspecified atom stereocenters. The number of carboxylic acid groups (broad SMARTS) is 1. The second-order valence-electron chi connectivity index (χ2n) is 6.58.